The maximum atomic E-state index is 12.4. The average molecular weight is 378 g/mol. The Morgan fingerprint density at radius 1 is 1.07 bits per heavy atom. The summed E-state index contributed by atoms with van der Waals surface area (Å²) in [7, 11) is 0. The summed E-state index contributed by atoms with van der Waals surface area (Å²) >= 11 is 0. The van der Waals surface area contributed by atoms with Crippen LogP contribution in [0.2, 0.25) is 0 Å². The smallest absolute Gasteiger partial charge is 0.326 e. The molecule has 0 atom stereocenters. The average Bonchev–Trinajstić information content (AvgIpc) is 2.73. The van der Waals surface area contributed by atoms with Gasteiger partial charge in [-0.15, -0.1) is 0 Å². The second-order valence-corrected chi connectivity index (χ2v) is 6.58. The predicted molar refractivity (Wildman–Crippen MR) is 106 cm³/mol. The minimum absolute atomic E-state index is 0.278. The number of ether oxygens (including phenoxy) is 1. The van der Waals surface area contributed by atoms with Gasteiger partial charge in [-0.1, -0.05) is 49.7 Å². The summed E-state index contributed by atoms with van der Waals surface area (Å²) in [6.45, 7) is 1.48. The minimum Gasteiger partial charge on any atom is -0.456 e. The van der Waals surface area contributed by atoms with E-state index < -0.39 is 5.97 Å². The maximum absolute atomic E-state index is 12.4. The number of carbonyl (C=O) groups excluding carboxylic acids is 2. The third-order valence-corrected chi connectivity index (χ3v) is 4.49. The van der Waals surface area contributed by atoms with Crippen LogP contribution in [0.15, 0.2) is 59.7 Å². The Balaban J connectivity index is 1.57. The molecule has 0 unspecified atom stereocenters. The van der Waals surface area contributed by atoms with Crippen molar-refractivity contribution in [2.24, 2.45) is 0 Å². The summed E-state index contributed by atoms with van der Waals surface area (Å²) in [6.07, 6.45) is 4.51. The van der Waals surface area contributed by atoms with Crippen LogP contribution in [0, 0.1) is 0 Å². The lowest BCUT2D eigenvalue weighted by Gasteiger charge is -2.08. The first kappa shape index (κ1) is 19.5. The quantitative estimate of drug-likeness (QED) is 0.444. The molecule has 3 aromatic rings. The second kappa shape index (κ2) is 9.08. The number of para-hydroxylation sites is 1. The summed E-state index contributed by atoms with van der Waals surface area (Å²) in [5, 5.41) is 0.428. The molecular weight excluding hydrogens is 356 g/mol. The Bertz CT molecular complexity index is 1040. The van der Waals surface area contributed by atoms with Crippen LogP contribution in [0.3, 0.4) is 0 Å². The molecule has 0 radical (unpaired) electrons. The zero-order chi connectivity index (χ0) is 19.9. The van der Waals surface area contributed by atoms with Crippen LogP contribution in [0.25, 0.3) is 10.9 Å². The van der Waals surface area contributed by atoms with E-state index in [4.69, 9.17) is 4.74 Å². The number of hydrogen-bond acceptors (Lipinski definition) is 5. The van der Waals surface area contributed by atoms with Gasteiger partial charge in [-0.2, -0.15) is 0 Å². The van der Waals surface area contributed by atoms with Crippen molar-refractivity contribution in [3.8, 4) is 0 Å². The molecule has 6 nitrogen and oxygen atoms in total. The summed E-state index contributed by atoms with van der Waals surface area (Å²) in [6, 6.07) is 14.2. The van der Waals surface area contributed by atoms with Gasteiger partial charge in [0.25, 0.3) is 5.56 Å². The third-order valence-electron chi connectivity index (χ3n) is 4.49. The fourth-order valence-corrected chi connectivity index (χ4v) is 2.87. The van der Waals surface area contributed by atoms with Crippen molar-refractivity contribution < 1.29 is 14.3 Å². The highest BCUT2D eigenvalue weighted by Gasteiger charge is 2.12. The van der Waals surface area contributed by atoms with Crippen molar-refractivity contribution in [3.63, 3.8) is 0 Å². The minimum atomic E-state index is -0.660. The van der Waals surface area contributed by atoms with Gasteiger partial charge in [0.2, 0.25) is 0 Å². The lowest BCUT2D eigenvalue weighted by atomic mass is 10.0. The lowest BCUT2D eigenvalue weighted by molar-refractivity contribution is -0.143. The molecular formula is C22H22N2O4. The number of Topliss-reactive ketones (excluding diaryl/α,β-unsaturated/α-hetero) is 1. The normalized spacial score (nSPS) is 10.8. The number of fused-ring (bicyclic) bond motifs is 1. The number of ketones is 1. The number of aromatic nitrogens is 2. The van der Waals surface area contributed by atoms with Crippen molar-refractivity contribution in [1.29, 1.82) is 0 Å². The first-order valence-corrected chi connectivity index (χ1v) is 9.30. The van der Waals surface area contributed by atoms with Gasteiger partial charge in [0.05, 0.1) is 17.2 Å². The molecule has 0 amide bonds. The number of unbranched alkanes of at least 4 members (excludes halogenated alkanes) is 1. The van der Waals surface area contributed by atoms with E-state index in [2.05, 4.69) is 11.9 Å². The standard InChI is InChI=1S/C22H22N2O4/c1-2-3-6-16-9-11-17(12-10-16)20(25)14-28-21(26)13-24-15-23-19-8-5-4-7-18(19)22(24)27/h4-5,7-12,15H,2-3,6,13-14H2,1H3. The van der Waals surface area contributed by atoms with Gasteiger partial charge in [-0.05, 0) is 30.5 Å². The molecule has 0 N–H and O–H groups in total. The molecule has 6 heteroatoms. The highest BCUT2D eigenvalue weighted by Crippen LogP contribution is 2.09. The van der Waals surface area contributed by atoms with Crippen LogP contribution in [0.5, 0.6) is 0 Å². The van der Waals surface area contributed by atoms with Gasteiger partial charge >= 0.3 is 5.97 Å². The van der Waals surface area contributed by atoms with Crippen molar-refractivity contribution in [2.75, 3.05) is 6.61 Å². The Labute approximate surface area is 162 Å². The number of hydrogen-bond donors (Lipinski definition) is 0. The molecule has 1 aromatic heterocycles. The lowest BCUT2D eigenvalue weighted by Crippen LogP contribution is -2.26. The van der Waals surface area contributed by atoms with Gasteiger partial charge in [-0.3, -0.25) is 19.0 Å². The van der Waals surface area contributed by atoms with E-state index in [1.165, 1.54) is 16.5 Å². The highest BCUT2D eigenvalue weighted by molar-refractivity contribution is 5.97. The number of rotatable bonds is 8. The monoisotopic (exact) mass is 378 g/mol. The molecule has 0 spiro atoms. The Morgan fingerprint density at radius 3 is 2.57 bits per heavy atom. The fraction of sp³-hybridized carbons (Fsp3) is 0.273. The molecule has 28 heavy (non-hydrogen) atoms. The van der Waals surface area contributed by atoms with E-state index in [9.17, 15) is 14.4 Å². The predicted octanol–water partition coefficient (Wildman–Crippen LogP) is 3.17. The van der Waals surface area contributed by atoms with Gasteiger partial charge in [0, 0.05) is 5.56 Å². The van der Waals surface area contributed by atoms with Gasteiger partial charge in [0.15, 0.2) is 12.4 Å². The van der Waals surface area contributed by atoms with Crippen LogP contribution in [0.1, 0.15) is 35.7 Å². The number of carbonyl (C=O) groups is 2. The Morgan fingerprint density at radius 2 is 1.82 bits per heavy atom. The molecule has 0 bridgehead atoms. The van der Waals surface area contributed by atoms with E-state index in [-0.39, 0.29) is 24.5 Å². The second-order valence-electron chi connectivity index (χ2n) is 6.58. The number of benzene rings is 2. The SMILES string of the molecule is CCCCc1ccc(C(=O)COC(=O)Cn2cnc3ccccc3c2=O)cc1. The number of esters is 1. The van der Waals surface area contributed by atoms with E-state index in [0.29, 0.717) is 16.5 Å². The third kappa shape index (κ3) is 4.71. The van der Waals surface area contributed by atoms with E-state index in [0.717, 1.165) is 19.3 Å². The van der Waals surface area contributed by atoms with Gasteiger partial charge in [0.1, 0.15) is 6.54 Å². The number of aryl methyl sites for hydroxylation is 1. The molecule has 0 aliphatic heterocycles. The van der Waals surface area contributed by atoms with E-state index >= 15 is 0 Å². The van der Waals surface area contributed by atoms with Crippen LogP contribution < -0.4 is 5.56 Å². The zero-order valence-electron chi connectivity index (χ0n) is 15.8. The molecule has 0 saturated carbocycles. The number of nitrogens with zero attached hydrogens (tertiary/aromatic N) is 2. The fourth-order valence-electron chi connectivity index (χ4n) is 2.87. The van der Waals surface area contributed by atoms with Crippen molar-refractivity contribution in [3.05, 3.63) is 76.3 Å². The van der Waals surface area contributed by atoms with E-state index in [1.54, 1.807) is 36.4 Å². The van der Waals surface area contributed by atoms with Gasteiger partial charge < -0.3 is 4.74 Å². The first-order valence-electron chi connectivity index (χ1n) is 9.30. The highest BCUT2D eigenvalue weighted by atomic mass is 16.5. The topological polar surface area (TPSA) is 78.3 Å². The summed E-state index contributed by atoms with van der Waals surface area (Å²) in [5.41, 5.74) is 1.92. The Hall–Kier alpha value is -3.28. The van der Waals surface area contributed by atoms with Crippen molar-refractivity contribution >= 4 is 22.7 Å². The van der Waals surface area contributed by atoms with Crippen LogP contribution in [-0.4, -0.2) is 27.9 Å². The van der Waals surface area contributed by atoms with Crippen LogP contribution in [0.4, 0.5) is 0 Å². The molecule has 0 saturated heterocycles. The van der Waals surface area contributed by atoms with Crippen LogP contribution in [-0.2, 0) is 22.5 Å². The first-order chi connectivity index (χ1) is 13.6. The molecule has 3 rings (SSSR count). The molecule has 0 fully saturated rings. The van der Waals surface area contributed by atoms with Crippen molar-refractivity contribution in [2.45, 2.75) is 32.7 Å². The summed E-state index contributed by atoms with van der Waals surface area (Å²) in [5.74, 6) is -0.938. The van der Waals surface area contributed by atoms with E-state index in [1.807, 2.05) is 12.1 Å². The molecule has 0 aliphatic carbocycles. The largest absolute Gasteiger partial charge is 0.456 e. The summed E-state index contributed by atoms with van der Waals surface area (Å²) in [4.78, 5) is 40.8. The zero-order valence-corrected chi connectivity index (χ0v) is 15.8. The molecule has 1 heterocycles. The Kier molecular flexibility index (Phi) is 6.32. The van der Waals surface area contributed by atoms with Crippen LogP contribution >= 0.6 is 0 Å². The molecule has 2 aromatic carbocycles. The van der Waals surface area contributed by atoms with Gasteiger partial charge in [-0.25, -0.2) is 4.98 Å². The summed E-state index contributed by atoms with van der Waals surface area (Å²) < 4.78 is 6.23. The molecule has 0 aliphatic rings. The van der Waals surface area contributed by atoms with Crippen molar-refractivity contribution in [1.82, 2.24) is 9.55 Å². The molecule has 144 valence electrons. The maximum Gasteiger partial charge on any atom is 0.326 e.